The summed E-state index contributed by atoms with van der Waals surface area (Å²) in [5.41, 5.74) is 0.704. The largest absolute Gasteiger partial charge is 0.481 e. The van der Waals surface area contributed by atoms with Crippen LogP contribution in [0.1, 0.15) is 12.6 Å². The molecule has 6 nitrogen and oxygen atoms in total. The molecule has 1 unspecified atom stereocenters. The molecule has 3 N–H and O–H groups in total. The smallest absolute Gasteiger partial charge is 0.308 e. The number of nitrogens with zero attached hydrogens (tertiary/aromatic N) is 1. The van der Waals surface area contributed by atoms with Crippen molar-refractivity contribution in [3.63, 3.8) is 0 Å². The quantitative estimate of drug-likeness (QED) is 0.628. The van der Waals surface area contributed by atoms with Gasteiger partial charge in [0.15, 0.2) is 0 Å². The summed E-state index contributed by atoms with van der Waals surface area (Å²) in [7, 11) is 0. The molecule has 1 amide bonds. The fraction of sp³-hybridized carbons (Fsp3) is 0.444. The number of aliphatic carboxylic acids is 1. The van der Waals surface area contributed by atoms with Crippen molar-refractivity contribution in [2.24, 2.45) is 5.92 Å². The number of aromatic amines is 1. The molecule has 0 saturated carbocycles. The Morgan fingerprint density at radius 2 is 2.40 bits per heavy atom. The molecule has 1 atom stereocenters. The highest BCUT2D eigenvalue weighted by Gasteiger charge is 2.12. The Labute approximate surface area is 86.7 Å². The van der Waals surface area contributed by atoms with E-state index in [0.717, 1.165) is 0 Å². The summed E-state index contributed by atoms with van der Waals surface area (Å²) in [5.74, 6) is -1.71. The van der Waals surface area contributed by atoms with Crippen molar-refractivity contribution in [1.82, 2.24) is 15.5 Å². The van der Waals surface area contributed by atoms with Crippen LogP contribution in [0.25, 0.3) is 0 Å². The van der Waals surface area contributed by atoms with Crippen molar-refractivity contribution in [3.8, 4) is 0 Å². The van der Waals surface area contributed by atoms with Crippen molar-refractivity contribution in [2.75, 3.05) is 6.54 Å². The number of nitrogens with one attached hydrogen (secondary N) is 2. The molecule has 0 bridgehead atoms. The second kappa shape index (κ2) is 5.14. The summed E-state index contributed by atoms with van der Waals surface area (Å²) < 4.78 is 0. The lowest BCUT2D eigenvalue weighted by molar-refractivity contribution is -0.141. The SMILES string of the molecule is CC(CNC(=O)Cc1ccn[nH]1)C(=O)O. The Hall–Kier alpha value is -1.85. The minimum absolute atomic E-state index is 0.141. The van der Waals surface area contributed by atoms with Crippen molar-refractivity contribution >= 4 is 11.9 Å². The fourth-order valence-corrected chi connectivity index (χ4v) is 0.973. The van der Waals surface area contributed by atoms with Crippen molar-refractivity contribution in [3.05, 3.63) is 18.0 Å². The van der Waals surface area contributed by atoms with Gasteiger partial charge in [-0.1, -0.05) is 6.92 Å². The van der Waals surface area contributed by atoms with E-state index in [0.29, 0.717) is 5.69 Å². The van der Waals surface area contributed by atoms with Gasteiger partial charge < -0.3 is 10.4 Å². The number of hydrogen-bond acceptors (Lipinski definition) is 3. The third-order valence-corrected chi connectivity index (χ3v) is 1.94. The van der Waals surface area contributed by atoms with Crippen LogP contribution in [0.15, 0.2) is 12.3 Å². The molecule has 0 aliphatic carbocycles. The van der Waals surface area contributed by atoms with Crippen molar-refractivity contribution < 1.29 is 14.7 Å². The number of carbonyl (C=O) groups is 2. The Morgan fingerprint density at radius 3 is 2.93 bits per heavy atom. The first-order chi connectivity index (χ1) is 7.09. The molecule has 0 aliphatic heterocycles. The van der Waals surface area contributed by atoms with E-state index in [-0.39, 0.29) is 18.9 Å². The predicted molar refractivity (Wildman–Crippen MR) is 52.1 cm³/mol. The zero-order valence-electron chi connectivity index (χ0n) is 8.36. The molecule has 15 heavy (non-hydrogen) atoms. The molecule has 0 aliphatic rings. The molecule has 1 heterocycles. The Balaban J connectivity index is 2.28. The molecule has 0 saturated heterocycles. The van der Waals surface area contributed by atoms with Gasteiger partial charge in [-0.2, -0.15) is 5.10 Å². The molecule has 1 aromatic rings. The minimum atomic E-state index is -0.920. The third-order valence-electron chi connectivity index (χ3n) is 1.94. The molecule has 0 radical (unpaired) electrons. The Bertz CT molecular complexity index is 334. The summed E-state index contributed by atoms with van der Waals surface area (Å²) in [5, 5.41) is 17.5. The van der Waals surface area contributed by atoms with Crippen LogP contribution in [0.5, 0.6) is 0 Å². The first kappa shape index (κ1) is 11.2. The van der Waals surface area contributed by atoms with E-state index in [4.69, 9.17) is 5.11 Å². The van der Waals surface area contributed by atoms with Crippen LogP contribution in [0, 0.1) is 5.92 Å². The van der Waals surface area contributed by atoms with Gasteiger partial charge in [0, 0.05) is 18.4 Å². The maximum Gasteiger partial charge on any atom is 0.308 e. The van der Waals surface area contributed by atoms with Gasteiger partial charge in [0.25, 0.3) is 0 Å². The highest BCUT2D eigenvalue weighted by molar-refractivity contribution is 5.79. The van der Waals surface area contributed by atoms with E-state index in [1.54, 1.807) is 19.2 Å². The maximum atomic E-state index is 11.3. The number of aromatic nitrogens is 2. The zero-order chi connectivity index (χ0) is 11.3. The maximum absolute atomic E-state index is 11.3. The lowest BCUT2D eigenvalue weighted by Crippen LogP contribution is -2.32. The molecule has 1 aromatic heterocycles. The zero-order valence-corrected chi connectivity index (χ0v) is 8.36. The number of H-pyrrole nitrogens is 1. The summed E-state index contributed by atoms with van der Waals surface area (Å²) >= 11 is 0. The van der Waals surface area contributed by atoms with Gasteiger partial charge in [0.1, 0.15) is 0 Å². The second-order valence-electron chi connectivity index (χ2n) is 3.30. The molecule has 1 rings (SSSR count). The summed E-state index contributed by atoms with van der Waals surface area (Å²) in [6.07, 6.45) is 1.74. The second-order valence-corrected chi connectivity index (χ2v) is 3.30. The molecule has 0 spiro atoms. The van der Waals surface area contributed by atoms with Crippen molar-refractivity contribution in [1.29, 1.82) is 0 Å². The summed E-state index contributed by atoms with van der Waals surface area (Å²) in [6.45, 7) is 1.68. The average molecular weight is 211 g/mol. The average Bonchev–Trinajstić information content (AvgIpc) is 2.66. The van der Waals surface area contributed by atoms with E-state index >= 15 is 0 Å². The monoisotopic (exact) mass is 211 g/mol. The molecular formula is C9H13N3O3. The number of carbonyl (C=O) groups excluding carboxylic acids is 1. The highest BCUT2D eigenvalue weighted by Crippen LogP contribution is 1.95. The van der Waals surface area contributed by atoms with E-state index in [9.17, 15) is 9.59 Å². The third kappa shape index (κ3) is 3.80. The van der Waals surface area contributed by atoms with Crippen molar-refractivity contribution in [2.45, 2.75) is 13.3 Å². The Morgan fingerprint density at radius 1 is 1.67 bits per heavy atom. The fourth-order valence-electron chi connectivity index (χ4n) is 0.973. The van der Waals surface area contributed by atoms with E-state index in [2.05, 4.69) is 15.5 Å². The highest BCUT2D eigenvalue weighted by atomic mass is 16.4. The number of hydrogen-bond donors (Lipinski definition) is 3. The standard InChI is InChI=1S/C9H13N3O3/c1-6(9(14)15)5-10-8(13)4-7-2-3-11-12-7/h2-3,6H,4-5H2,1H3,(H,10,13)(H,11,12)(H,14,15). The van der Waals surface area contributed by atoms with Crippen LogP contribution < -0.4 is 5.32 Å². The molecular weight excluding hydrogens is 198 g/mol. The first-order valence-corrected chi connectivity index (χ1v) is 4.57. The number of carboxylic acids is 1. The summed E-state index contributed by atoms with van der Waals surface area (Å²) in [6, 6.07) is 1.69. The molecule has 0 fully saturated rings. The molecule has 0 aromatic carbocycles. The van der Waals surface area contributed by atoms with Gasteiger partial charge in [0.2, 0.25) is 5.91 Å². The topological polar surface area (TPSA) is 95.1 Å². The minimum Gasteiger partial charge on any atom is -0.481 e. The lowest BCUT2D eigenvalue weighted by Gasteiger charge is -2.07. The molecule has 6 heteroatoms. The van der Waals surface area contributed by atoms with Gasteiger partial charge in [-0.25, -0.2) is 0 Å². The molecule has 82 valence electrons. The van der Waals surface area contributed by atoms with Crippen LogP contribution in [0.3, 0.4) is 0 Å². The summed E-state index contributed by atoms with van der Waals surface area (Å²) in [4.78, 5) is 21.7. The van der Waals surface area contributed by atoms with Crippen LogP contribution in [0.4, 0.5) is 0 Å². The van der Waals surface area contributed by atoms with Gasteiger partial charge in [-0.3, -0.25) is 14.7 Å². The van der Waals surface area contributed by atoms with E-state index in [1.165, 1.54) is 0 Å². The number of rotatable bonds is 5. The van der Waals surface area contributed by atoms with E-state index in [1.807, 2.05) is 0 Å². The van der Waals surface area contributed by atoms with Crippen LogP contribution in [-0.2, 0) is 16.0 Å². The number of carboxylic acid groups (broad SMARTS) is 1. The normalized spacial score (nSPS) is 12.1. The van der Waals surface area contributed by atoms with Crippen LogP contribution in [0.2, 0.25) is 0 Å². The van der Waals surface area contributed by atoms with Crippen LogP contribution >= 0.6 is 0 Å². The van der Waals surface area contributed by atoms with Gasteiger partial charge >= 0.3 is 5.97 Å². The lowest BCUT2D eigenvalue weighted by atomic mass is 10.2. The van der Waals surface area contributed by atoms with Crippen LogP contribution in [-0.4, -0.2) is 33.7 Å². The first-order valence-electron chi connectivity index (χ1n) is 4.57. The number of amides is 1. The van der Waals surface area contributed by atoms with Gasteiger partial charge in [-0.05, 0) is 6.07 Å². The van der Waals surface area contributed by atoms with E-state index < -0.39 is 11.9 Å². The predicted octanol–water partition coefficient (Wildman–Crippen LogP) is -0.211. The van der Waals surface area contributed by atoms with Gasteiger partial charge in [0.05, 0.1) is 12.3 Å². The van der Waals surface area contributed by atoms with Gasteiger partial charge in [-0.15, -0.1) is 0 Å². The Kier molecular flexibility index (Phi) is 3.84.